The van der Waals surface area contributed by atoms with E-state index >= 15 is 0 Å². The zero-order chi connectivity index (χ0) is 26.2. The SMILES string of the molecule is CC(=O)C(=O)c1ccc2ccccc2c1C(=O)C(=O)c1ccc(C(F)(F)F)cc1.ON=CC=NO. The summed E-state index contributed by atoms with van der Waals surface area (Å²) in [7, 11) is 0. The third kappa shape index (κ3) is 6.44. The molecule has 11 heteroatoms. The first-order valence-corrected chi connectivity index (χ1v) is 9.69. The lowest BCUT2D eigenvalue weighted by Crippen LogP contribution is -2.21. The van der Waals surface area contributed by atoms with Crippen molar-refractivity contribution in [2.45, 2.75) is 13.1 Å². The summed E-state index contributed by atoms with van der Waals surface area (Å²) in [6.45, 7) is 1.05. The summed E-state index contributed by atoms with van der Waals surface area (Å²) >= 11 is 0. The summed E-state index contributed by atoms with van der Waals surface area (Å²) in [5.41, 5.74) is -1.68. The predicted octanol–water partition coefficient (Wildman–Crippen LogP) is 4.60. The second-order valence-electron chi connectivity index (χ2n) is 6.86. The van der Waals surface area contributed by atoms with E-state index in [1.165, 1.54) is 12.1 Å². The van der Waals surface area contributed by atoms with Gasteiger partial charge >= 0.3 is 6.18 Å². The minimum atomic E-state index is -4.58. The van der Waals surface area contributed by atoms with Crippen molar-refractivity contribution < 1.29 is 42.8 Å². The minimum Gasteiger partial charge on any atom is -0.411 e. The fourth-order valence-corrected chi connectivity index (χ4v) is 3.01. The van der Waals surface area contributed by atoms with Crippen LogP contribution in [0.2, 0.25) is 0 Å². The van der Waals surface area contributed by atoms with Gasteiger partial charge in [0.05, 0.1) is 18.0 Å². The van der Waals surface area contributed by atoms with Crippen LogP contribution in [0.3, 0.4) is 0 Å². The number of alkyl halides is 3. The Kier molecular flexibility index (Phi) is 8.70. The van der Waals surface area contributed by atoms with Gasteiger partial charge in [0.25, 0.3) is 0 Å². The number of ketones is 4. The van der Waals surface area contributed by atoms with Crippen LogP contribution in [0.15, 0.2) is 71.0 Å². The fourth-order valence-electron chi connectivity index (χ4n) is 3.01. The molecule has 0 unspecified atom stereocenters. The number of hydrogen-bond donors (Lipinski definition) is 2. The van der Waals surface area contributed by atoms with Crippen molar-refractivity contribution in [3.63, 3.8) is 0 Å². The number of benzene rings is 3. The smallest absolute Gasteiger partial charge is 0.411 e. The summed E-state index contributed by atoms with van der Waals surface area (Å²) in [6, 6.07) is 12.5. The molecule has 0 aliphatic heterocycles. The molecule has 8 nitrogen and oxygen atoms in total. The van der Waals surface area contributed by atoms with Crippen LogP contribution in [-0.4, -0.2) is 46.0 Å². The topological polar surface area (TPSA) is 133 Å². The van der Waals surface area contributed by atoms with E-state index in [9.17, 15) is 32.3 Å². The van der Waals surface area contributed by atoms with Gasteiger partial charge in [0.2, 0.25) is 17.3 Å². The van der Waals surface area contributed by atoms with Gasteiger partial charge in [-0.25, -0.2) is 0 Å². The molecule has 3 aromatic rings. The van der Waals surface area contributed by atoms with Gasteiger partial charge in [-0.3, -0.25) is 19.2 Å². The van der Waals surface area contributed by atoms with Gasteiger partial charge in [0.1, 0.15) is 0 Å². The molecule has 2 N–H and O–H groups in total. The lowest BCUT2D eigenvalue weighted by molar-refractivity contribution is -0.137. The Balaban J connectivity index is 0.000000641. The van der Waals surface area contributed by atoms with Crippen molar-refractivity contribution in [1.82, 2.24) is 0 Å². The predicted molar refractivity (Wildman–Crippen MR) is 120 cm³/mol. The largest absolute Gasteiger partial charge is 0.416 e. The number of carbonyl (C=O) groups excluding carboxylic acids is 4. The van der Waals surface area contributed by atoms with Crippen LogP contribution >= 0.6 is 0 Å². The van der Waals surface area contributed by atoms with Crippen LogP contribution in [-0.2, 0) is 11.0 Å². The average molecular weight is 486 g/mol. The highest BCUT2D eigenvalue weighted by molar-refractivity contribution is 6.54. The van der Waals surface area contributed by atoms with E-state index < -0.39 is 34.9 Å². The Bertz CT molecular complexity index is 1320. The molecule has 0 aromatic heterocycles. The Hall–Kier alpha value is -4.67. The Labute approximate surface area is 196 Å². The number of carbonyl (C=O) groups is 4. The molecule has 0 amide bonds. The van der Waals surface area contributed by atoms with Crippen molar-refractivity contribution in [3.05, 3.63) is 82.9 Å². The summed E-state index contributed by atoms with van der Waals surface area (Å²) in [5.74, 6) is -3.89. The van der Waals surface area contributed by atoms with Crippen LogP contribution in [0.4, 0.5) is 13.2 Å². The Morgan fingerprint density at radius 2 is 1.34 bits per heavy atom. The molecule has 180 valence electrons. The lowest BCUT2D eigenvalue weighted by atomic mass is 9.89. The third-order valence-corrected chi connectivity index (χ3v) is 4.60. The molecule has 0 radical (unpaired) electrons. The number of Topliss-reactive ketones (excluding diaryl/α,β-unsaturated/α-hetero) is 4. The molecular weight excluding hydrogens is 469 g/mol. The zero-order valence-corrected chi connectivity index (χ0v) is 18.0. The van der Waals surface area contributed by atoms with Crippen LogP contribution in [0, 0.1) is 0 Å². The number of nitrogens with zero attached hydrogens (tertiary/aromatic N) is 2. The molecule has 0 atom stereocenters. The summed E-state index contributed by atoms with van der Waals surface area (Å²) in [5, 5.41) is 21.0. The molecule has 0 fully saturated rings. The van der Waals surface area contributed by atoms with Crippen LogP contribution in [0.25, 0.3) is 10.8 Å². The Morgan fingerprint density at radius 1 is 0.771 bits per heavy atom. The Morgan fingerprint density at radius 3 is 1.86 bits per heavy atom. The van der Waals surface area contributed by atoms with Gasteiger partial charge in [-0.15, -0.1) is 0 Å². The van der Waals surface area contributed by atoms with Gasteiger partial charge < -0.3 is 10.4 Å². The number of rotatable bonds is 6. The maximum atomic E-state index is 13.0. The monoisotopic (exact) mass is 486 g/mol. The molecule has 0 heterocycles. The van der Waals surface area contributed by atoms with E-state index in [-0.39, 0.29) is 16.7 Å². The highest BCUT2D eigenvalue weighted by Gasteiger charge is 2.31. The van der Waals surface area contributed by atoms with E-state index in [1.54, 1.807) is 24.3 Å². The highest BCUT2D eigenvalue weighted by Crippen LogP contribution is 2.30. The van der Waals surface area contributed by atoms with Crippen molar-refractivity contribution in [3.8, 4) is 0 Å². The first-order valence-electron chi connectivity index (χ1n) is 9.69. The third-order valence-electron chi connectivity index (χ3n) is 4.60. The van der Waals surface area contributed by atoms with E-state index in [0.29, 0.717) is 22.9 Å². The maximum absolute atomic E-state index is 13.0. The molecule has 0 saturated heterocycles. The number of fused-ring (bicyclic) bond motifs is 1. The van der Waals surface area contributed by atoms with Crippen molar-refractivity contribution in [2.75, 3.05) is 0 Å². The summed E-state index contributed by atoms with van der Waals surface area (Å²) in [4.78, 5) is 49.5. The number of halogens is 3. The summed E-state index contributed by atoms with van der Waals surface area (Å²) < 4.78 is 38.1. The van der Waals surface area contributed by atoms with Gasteiger partial charge in [0.15, 0.2) is 5.78 Å². The van der Waals surface area contributed by atoms with Crippen molar-refractivity contribution in [1.29, 1.82) is 0 Å². The van der Waals surface area contributed by atoms with Gasteiger partial charge in [-0.1, -0.05) is 52.8 Å². The van der Waals surface area contributed by atoms with Crippen LogP contribution in [0.1, 0.15) is 43.6 Å². The van der Waals surface area contributed by atoms with Crippen molar-refractivity contribution in [2.24, 2.45) is 10.3 Å². The second kappa shape index (κ2) is 11.5. The number of oxime groups is 2. The molecule has 0 spiro atoms. The van der Waals surface area contributed by atoms with Gasteiger partial charge in [-0.2, -0.15) is 13.2 Å². The molecular formula is C24H17F3N2O6. The standard InChI is InChI=1S/C22H13F3O4.C2H4N2O2/c1-12(26)19(27)17-11-8-13-4-2-3-5-16(13)18(17)21(29)20(28)14-6-9-15(10-7-14)22(23,24)25;5-3-1-2-4-6/h2-11H,1H3;1-2,5-6H. The molecule has 0 aliphatic rings. The molecule has 0 aliphatic carbocycles. The van der Waals surface area contributed by atoms with Crippen LogP contribution < -0.4 is 0 Å². The lowest BCUT2D eigenvalue weighted by Gasteiger charge is -2.11. The molecule has 35 heavy (non-hydrogen) atoms. The zero-order valence-electron chi connectivity index (χ0n) is 18.0. The molecule has 0 saturated carbocycles. The quantitative estimate of drug-likeness (QED) is 0.172. The van der Waals surface area contributed by atoms with Gasteiger partial charge in [0, 0.05) is 23.6 Å². The number of hydrogen-bond acceptors (Lipinski definition) is 8. The van der Waals surface area contributed by atoms with Gasteiger partial charge in [-0.05, 0) is 29.0 Å². The van der Waals surface area contributed by atoms with E-state index in [4.69, 9.17) is 10.4 Å². The average Bonchev–Trinajstić information content (AvgIpc) is 2.85. The van der Waals surface area contributed by atoms with Crippen molar-refractivity contribution >= 4 is 46.3 Å². The second-order valence-corrected chi connectivity index (χ2v) is 6.86. The maximum Gasteiger partial charge on any atom is 0.416 e. The first-order chi connectivity index (χ1) is 16.5. The normalized spacial score (nSPS) is 11.3. The minimum absolute atomic E-state index is 0.221. The fraction of sp³-hybridized carbons (Fsp3) is 0.0833. The molecule has 0 bridgehead atoms. The highest BCUT2D eigenvalue weighted by atomic mass is 19.4. The van der Waals surface area contributed by atoms with E-state index in [1.807, 2.05) is 0 Å². The van der Waals surface area contributed by atoms with E-state index in [2.05, 4.69) is 10.3 Å². The molecule has 3 rings (SSSR count). The summed E-state index contributed by atoms with van der Waals surface area (Å²) in [6.07, 6.45) is -2.69. The first kappa shape index (κ1) is 26.6. The van der Waals surface area contributed by atoms with Crippen LogP contribution in [0.5, 0.6) is 0 Å². The molecule has 3 aromatic carbocycles. The van der Waals surface area contributed by atoms with E-state index in [0.717, 1.165) is 31.5 Å².